The molecule has 2 unspecified atom stereocenters. The van der Waals surface area contributed by atoms with Gasteiger partial charge >= 0.3 is 19.7 Å². The molecule has 156 valence electrons. The number of benzene rings is 1. The first-order chi connectivity index (χ1) is 13.1. The molecule has 0 bridgehead atoms. The van der Waals surface area contributed by atoms with Crippen molar-refractivity contribution in [3.8, 4) is 0 Å². The highest BCUT2D eigenvalue weighted by molar-refractivity contribution is 7.53. The zero-order valence-corrected chi connectivity index (χ0v) is 17.7. The first-order valence-electron chi connectivity index (χ1n) is 9.44. The highest BCUT2D eigenvalue weighted by Crippen LogP contribution is 2.52. The molecule has 0 saturated carbocycles. The van der Waals surface area contributed by atoms with Gasteiger partial charge in [0.1, 0.15) is 0 Å². The number of likely N-dealkylation sites (N-methyl/N-ethyl adjacent to an activating group) is 1. The molecule has 0 aliphatic carbocycles. The van der Waals surface area contributed by atoms with Crippen LogP contribution in [-0.2, 0) is 36.5 Å². The SMILES string of the molecule is CCOP(=O)(Cc1ccc2c(c1)C(C)(C(=O)O)[N+](CC)(C(=O)O)CC2)OCC. The second-order valence-electron chi connectivity index (χ2n) is 7.01. The van der Waals surface area contributed by atoms with Gasteiger partial charge in [0.25, 0.3) is 0 Å². The summed E-state index contributed by atoms with van der Waals surface area (Å²) >= 11 is 0. The van der Waals surface area contributed by atoms with Gasteiger partial charge in [0, 0.05) is 18.9 Å². The van der Waals surface area contributed by atoms with Crippen molar-refractivity contribution < 1.29 is 37.9 Å². The lowest BCUT2D eigenvalue weighted by atomic mass is 9.78. The van der Waals surface area contributed by atoms with Crippen LogP contribution < -0.4 is 0 Å². The fraction of sp³-hybridized carbons (Fsp3) is 0.579. The van der Waals surface area contributed by atoms with Crippen molar-refractivity contribution in [3.05, 3.63) is 34.9 Å². The molecule has 0 saturated heterocycles. The van der Waals surface area contributed by atoms with Gasteiger partial charge in [-0.05, 0) is 38.0 Å². The van der Waals surface area contributed by atoms with E-state index in [0.717, 1.165) is 5.56 Å². The molecule has 2 rings (SSSR count). The van der Waals surface area contributed by atoms with Crippen molar-refractivity contribution >= 4 is 19.7 Å². The summed E-state index contributed by atoms with van der Waals surface area (Å²) in [5.41, 5.74) is 0.163. The molecule has 0 aromatic heterocycles. The molecule has 2 atom stereocenters. The van der Waals surface area contributed by atoms with Crippen LogP contribution in [0.15, 0.2) is 18.2 Å². The van der Waals surface area contributed by atoms with Crippen LogP contribution in [0.25, 0.3) is 0 Å². The molecule has 9 heteroatoms. The summed E-state index contributed by atoms with van der Waals surface area (Å²) in [6.45, 7) is 7.37. The van der Waals surface area contributed by atoms with Crippen LogP contribution in [0.3, 0.4) is 0 Å². The third-order valence-electron chi connectivity index (χ3n) is 5.67. The van der Waals surface area contributed by atoms with Gasteiger partial charge in [0.15, 0.2) is 0 Å². The molecule has 1 aromatic rings. The van der Waals surface area contributed by atoms with Gasteiger partial charge in [-0.15, -0.1) is 0 Å². The van der Waals surface area contributed by atoms with Gasteiger partial charge in [-0.1, -0.05) is 12.1 Å². The number of nitrogens with zero attached hydrogens (tertiary/aromatic N) is 1. The molecule has 28 heavy (non-hydrogen) atoms. The number of hydrogen-bond acceptors (Lipinski definition) is 5. The monoisotopic (exact) mass is 414 g/mol. The van der Waals surface area contributed by atoms with Gasteiger partial charge < -0.3 is 19.3 Å². The Labute approximate surface area is 165 Å². The van der Waals surface area contributed by atoms with Crippen LogP contribution in [0, 0.1) is 0 Å². The molecule has 0 spiro atoms. The Kier molecular flexibility index (Phi) is 6.71. The summed E-state index contributed by atoms with van der Waals surface area (Å²) in [5.74, 6) is -1.20. The summed E-state index contributed by atoms with van der Waals surface area (Å²) < 4.78 is 23.0. The van der Waals surface area contributed by atoms with Crippen LogP contribution in [0.4, 0.5) is 4.79 Å². The van der Waals surface area contributed by atoms with Crippen molar-refractivity contribution in [2.24, 2.45) is 0 Å². The summed E-state index contributed by atoms with van der Waals surface area (Å²) in [4.78, 5) is 24.5. The van der Waals surface area contributed by atoms with E-state index in [1.54, 1.807) is 39.0 Å². The summed E-state index contributed by atoms with van der Waals surface area (Å²) in [5, 5.41) is 20.0. The van der Waals surface area contributed by atoms with Crippen LogP contribution in [0.5, 0.6) is 0 Å². The highest BCUT2D eigenvalue weighted by atomic mass is 31.2. The van der Waals surface area contributed by atoms with Gasteiger partial charge in [0.2, 0.25) is 5.54 Å². The number of aliphatic carboxylic acids is 1. The van der Waals surface area contributed by atoms with E-state index in [2.05, 4.69) is 0 Å². The second kappa shape index (κ2) is 8.33. The Morgan fingerprint density at radius 1 is 1.18 bits per heavy atom. The lowest BCUT2D eigenvalue weighted by Gasteiger charge is -2.47. The second-order valence-corrected chi connectivity index (χ2v) is 9.07. The maximum absolute atomic E-state index is 12.9. The third-order valence-corrected chi connectivity index (χ3v) is 7.72. The highest BCUT2D eigenvalue weighted by Gasteiger charge is 2.61. The van der Waals surface area contributed by atoms with Gasteiger partial charge in [-0.2, -0.15) is 4.79 Å². The number of rotatable bonds is 8. The summed E-state index contributed by atoms with van der Waals surface area (Å²) in [6.07, 6.45) is -0.720. The quantitative estimate of drug-likeness (QED) is 0.491. The minimum atomic E-state index is -3.37. The Hall–Kier alpha value is -1.73. The number of quaternary nitrogens is 1. The minimum Gasteiger partial charge on any atom is -0.476 e. The van der Waals surface area contributed by atoms with Crippen LogP contribution in [0.2, 0.25) is 0 Å². The number of fused-ring (bicyclic) bond motifs is 1. The smallest absolute Gasteiger partial charge is 0.476 e. The van der Waals surface area contributed by atoms with Crippen LogP contribution >= 0.6 is 7.60 Å². The van der Waals surface area contributed by atoms with E-state index in [0.29, 0.717) is 17.5 Å². The molecule has 2 N–H and O–H groups in total. The van der Waals surface area contributed by atoms with E-state index in [4.69, 9.17) is 9.05 Å². The van der Waals surface area contributed by atoms with Gasteiger partial charge in [-0.25, -0.2) is 9.28 Å². The van der Waals surface area contributed by atoms with Crippen molar-refractivity contribution in [1.29, 1.82) is 0 Å². The molecule has 1 aliphatic rings. The standard InChI is InChI=1S/C19H28NO7P/c1-5-20(18(23)24)11-10-15-9-8-14(12-16(15)19(20,4)17(21)22)13-28(25,26-6-2)27-7-3/h8-9,12H,5-7,10-11,13H2,1-4H3,(H-,21,22,23,24)/p+1. The first-order valence-corrected chi connectivity index (χ1v) is 11.2. The normalized spacial score (nSPS) is 24.6. The van der Waals surface area contributed by atoms with Crippen molar-refractivity contribution in [1.82, 2.24) is 0 Å². The lowest BCUT2D eigenvalue weighted by molar-refractivity contribution is -0.906. The van der Waals surface area contributed by atoms with E-state index in [1.165, 1.54) is 6.92 Å². The molecule has 0 radical (unpaired) electrons. The molecule has 0 fully saturated rings. The van der Waals surface area contributed by atoms with Crippen molar-refractivity contribution in [2.45, 2.75) is 45.8 Å². The van der Waals surface area contributed by atoms with E-state index in [-0.39, 0.29) is 32.5 Å². The number of carbonyl (C=O) groups is 2. The van der Waals surface area contributed by atoms with E-state index < -0.39 is 29.7 Å². The minimum absolute atomic E-state index is 0.00312. The maximum atomic E-state index is 12.9. The largest absolute Gasteiger partial charge is 0.514 e. The molecule has 1 aliphatic heterocycles. The van der Waals surface area contributed by atoms with E-state index >= 15 is 0 Å². The maximum Gasteiger partial charge on any atom is 0.514 e. The molecular weight excluding hydrogens is 385 g/mol. The topological polar surface area (TPSA) is 110 Å². The number of carboxylic acid groups (broad SMARTS) is 2. The molecule has 1 heterocycles. The third kappa shape index (κ3) is 3.62. The van der Waals surface area contributed by atoms with E-state index in [1.807, 2.05) is 0 Å². The molecule has 1 amide bonds. The number of carboxylic acids is 1. The van der Waals surface area contributed by atoms with Gasteiger partial charge in [0.05, 0.1) is 32.5 Å². The summed E-state index contributed by atoms with van der Waals surface area (Å²) in [6, 6.07) is 5.22. The first kappa shape index (κ1) is 22.6. The zero-order valence-electron chi connectivity index (χ0n) is 16.8. The molecule has 8 nitrogen and oxygen atoms in total. The van der Waals surface area contributed by atoms with Crippen LogP contribution in [0.1, 0.15) is 44.4 Å². The van der Waals surface area contributed by atoms with Crippen LogP contribution in [-0.4, -0.2) is 53.1 Å². The fourth-order valence-electron chi connectivity index (χ4n) is 4.10. The summed E-state index contributed by atoms with van der Waals surface area (Å²) in [7, 11) is -3.37. The Bertz CT molecular complexity index is 801. The van der Waals surface area contributed by atoms with Crippen molar-refractivity contribution in [3.63, 3.8) is 0 Å². The Balaban J connectivity index is 2.59. The zero-order chi connectivity index (χ0) is 21.2. The Morgan fingerprint density at radius 3 is 2.25 bits per heavy atom. The predicted octanol–water partition coefficient (Wildman–Crippen LogP) is 3.82. The lowest BCUT2D eigenvalue weighted by Crippen LogP contribution is -2.69. The van der Waals surface area contributed by atoms with Crippen molar-refractivity contribution in [2.75, 3.05) is 26.3 Å². The average molecular weight is 414 g/mol. The average Bonchev–Trinajstić information content (AvgIpc) is 2.62. The number of hydrogen-bond donors (Lipinski definition) is 2. The molecule has 1 aromatic carbocycles. The predicted molar refractivity (Wildman–Crippen MR) is 103 cm³/mol. The van der Waals surface area contributed by atoms with E-state index in [9.17, 15) is 24.4 Å². The fourth-order valence-corrected chi connectivity index (χ4v) is 5.79. The molecular formula is C19H29NO7P+. The van der Waals surface area contributed by atoms with Gasteiger partial charge in [-0.3, -0.25) is 4.57 Å². The number of amides is 1. The Morgan fingerprint density at radius 2 is 1.79 bits per heavy atom.